The molecule has 0 aliphatic heterocycles. The van der Waals surface area contributed by atoms with Gasteiger partial charge in [0, 0.05) is 25.0 Å². The molecule has 0 atom stereocenters. The summed E-state index contributed by atoms with van der Waals surface area (Å²) in [6.45, 7) is 0. The average Bonchev–Trinajstić information content (AvgIpc) is 2.43. The predicted molar refractivity (Wildman–Crippen MR) is 76.4 cm³/mol. The number of benzene rings is 1. The number of hydrogen-bond donors (Lipinski definition) is 4. The van der Waals surface area contributed by atoms with Crippen LogP contribution >= 0.6 is 0 Å². The molecule has 0 aliphatic rings. The number of ether oxygens (including phenoxy) is 1. The number of aromatic nitrogens is 1. The summed E-state index contributed by atoms with van der Waals surface area (Å²) >= 11 is 0. The average molecular weight is 274 g/mol. The largest absolute Gasteiger partial charge is 0.465 e. The van der Waals surface area contributed by atoms with Gasteiger partial charge in [-0.25, -0.2) is 9.78 Å². The Morgan fingerprint density at radius 3 is 2.60 bits per heavy atom. The summed E-state index contributed by atoms with van der Waals surface area (Å²) in [7, 11) is 1.72. The highest BCUT2D eigenvalue weighted by atomic mass is 16.5. The summed E-state index contributed by atoms with van der Waals surface area (Å²) in [5.74, 6) is 1.55. The Morgan fingerprint density at radius 1 is 1.30 bits per heavy atom. The van der Waals surface area contributed by atoms with Crippen LogP contribution in [0.1, 0.15) is 0 Å². The minimum absolute atomic E-state index is 0.405. The van der Waals surface area contributed by atoms with Gasteiger partial charge in [0.25, 0.3) is 0 Å². The molecule has 0 aliphatic carbocycles. The molecule has 0 saturated carbocycles. The van der Waals surface area contributed by atoms with Crippen molar-refractivity contribution in [3.05, 3.63) is 36.5 Å². The molecule has 7 heteroatoms. The molecule has 0 saturated heterocycles. The van der Waals surface area contributed by atoms with E-state index in [1.165, 1.54) is 0 Å². The molecular formula is C13H14N4O3. The van der Waals surface area contributed by atoms with Gasteiger partial charge in [0.1, 0.15) is 11.4 Å². The van der Waals surface area contributed by atoms with Gasteiger partial charge in [-0.15, -0.1) is 0 Å². The van der Waals surface area contributed by atoms with Crippen LogP contribution in [-0.2, 0) is 0 Å². The molecule has 7 nitrogen and oxygen atoms in total. The number of amides is 1. The highest BCUT2D eigenvalue weighted by Crippen LogP contribution is 2.31. The van der Waals surface area contributed by atoms with Crippen LogP contribution in [0, 0.1) is 0 Å². The number of nitrogens with two attached hydrogens (primary N) is 1. The summed E-state index contributed by atoms with van der Waals surface area (Å²) in [5.41, 5.74) is 6.76. The molecule has 0 unspecified atom stereocenters. The first-order valence-corrected chi connectivity index (χ1v) is 5.80. The van der Waals surface area contributed by atoms with Crippen molar-refractivity contribution in [3.8, 4) is 11.5 Å². The highest BCUT2D eigenvalue weighted by Gasteiger charge is 2.07. The van der Waals surface area contributed by atoms with Crippen molar-refractivity contribution < 1.29 is 14.6 Å². The second-order valence-electron chi connectivity index (χ2n) is 3.88. The molecule has 104 valence electrons. The molecule has 2 aromatic rings. The maximum absolute atomic E-state index is 10.5. The van der Waals surface area contributed by atoms with Crippen LogP contribution in [0.3, 0.4) is 0 Å². The Kier molecular flexibility index (Phi) is 3.90. The molecule has 0 fully saturated rings. The Bertz CT molecular complexity index is 614. The summed E-state index contributed by atoms with van der Waals surface area (Å²) in [6, 6.07) is 8.13. The number of nitrogens with zero attached hydrogens (tertiary/aromatic N) is 1. The van der Waals surface area contributed by atoms with E-state index in [2.05, 4.69) is 15.6 Å². The maximum Gasteiger partial charge on any atom is 0.409 e. The number of hydrogen-bond acceptors (Lipinski definition) is 5. The third kappa shape index (κ3) is 3.08. The molecule has 1 amide bonds. The highest BCUT2D eigenvalue weighted by molar-refractivity contribution is 5.82. The fraction of sp³-hybridized carbons (Fsp3) is 0.0769. The Morgan fingerprint density at radius 2 is 2.00 bits per heavy atom. The van der Waals surface area contributed by atoms with Gasteiger partial charge in [-0.1, -0.05) is 0 Å². The number of nitrogen functional groups attached to an aromatic ring is 1. The number of carbonyl (C=O) groups is 1. The monoisotopic (exact) mass is 274 g/mol. The molecule has 1 heterocycles. The Hall–Kier alpha value is -2.96. The molecule has 0 bridgehead atoms. The third-order valence-corrected chi connectivity index (χ3v) is 2.52. The van der Waals surface area contributed by atoms with Crippen LogP contribution in [-0.4, -0.2) is 23.2 Å². The van der Waals surface area contributed by atoms with Crippen molar-refractivity contribution in [3.63, 3.8) is 0 Å². The van der Waals surface area contributed by atoms with E-state index in [9.17, 15) is 4.79 Å². The third-order valence-electron chi connectivity index (χ3n) is 2.52. The van der Waals surface area contributed by atoms with Gasteiger partial charge in [0.2, 0.25) is 0 Å². The van der Waals surface area contributed by atoms with Crippen molar-refractivity contribution in [2.24, 2.45) is 0 Å². The van der Waals surface area contributed by atoms with E-state index < -0.39 is 6.09 Å². The second kappa shape index (κ2) is 5.79. The lowest BCUT2D eigenvalue weighted by Gasteiger charge is -2.11. The summed E-state index contributed by atoms with van der Waals surface area (Å²) in [5, 5.41) is 13.7. The quantitative estimate of drug-likeness (QED) is 0.682. The predicted octanol–water partition coefficient (Wildman–Crippen LogP) is 2.59. The maximum atomic E-state index is 10.5. The number of nitrogens with one attached hydrogen (secondary N) is 2. The first-order valence-electron chi connectivity index (χ1n) is 5.80. The molecule has 1 aromatic heterocycles. The lowest BCUT2D eigenvalue weighted by Crippen LogP contribution is -2.06. The summed E-state index contributed by atoms with van der Waals surface area (Å²) < 4.78 is 5.63. The minimum atomic E-state index is -1.12. The van der Waals surface area contributed by atoms with Crippen molar-refractivity contribution in [1.29, 1.82) is 0 Å². The first kappa shape index (κ1) is 13.5. The van der Waals surface area contributed by atoms with Crippen LogP contribution in [0.5, 0.6) is 11.5 Å². The van der Waals surface area contributed by atoms with E-state index in [1.807, 2.05) is 0 Å². The first-order chi connectivity index (χ1) is 9.60. The van der Waals surface area contributed by atoms with Crippen LogP contribution in [0.4, 0.5) is 22.0 Å². The zero-order valence-corrected chi connectivity index (χ0v) is 10.8. The van der Waals surface area contributed by atoms with Crippen LogP contribution < -0.4 is 21.1 Å². The molecule has 0 radical (unpaired) electrons. The summed E-state index contributed by atoms with van der Waals surface area (Å²) in [6.07, 6.45) is 0.466. The number of rotatable bonds is 4. The summed E-state index contributed by atoms with van der Waals surface area (Å²) in [4.78, 5) is 14.5. The second-order valence-corrected chi connectivity index (χ2v) is 3.88. The zero-order chi connectivity index (χ0) is 14.5. The van der Waals surface area contributed by atoms with Crippen LogP contribution in [0.2, 0.25) is 0 Å². The van der Waals surface area contributed by atoms with Crippen LogP contribution in [0.25, 0.3) is 0 Å². The Labute approximate surface area is 115 Å². The van der Waals surface area contributed by atoms with Crippen LogP contribution in [0.15, 0.2) is 36.5 Å². The van der Waals surface area contributed by atoms with Gasteiger partial charge in [-0.2, -0.15) is 0 Å². The van der Waals surface area contributed by atoms with Gasteiger partial charge in [-0.3, -0.25) is 5.32 Å². The van der Waals surface area contributed by atoms with Crippen molar-refractivity contribution >= 4 is 23.3 Å². The number of anilines is 3. The lowest BCUT2D eigenvalue weighted by atomic mass is 10.3. The minimum Gasteiger partial charge on any atom is -0.465 e. The lowest BCUT2D eigenvalue weighted by molar-refractivity contribution is 0.209. The molecule has 5 N–H and O–H groups in total. The van der Waals surface area contributed by atoms with Gasteiger partial charge >= 0.3 is 6.09 Å². The van der Waals surface area contributed by atoms with Gasteiger partial charge in [0.15, 0.2) is 11.6 Å². The standard InChI is InChI=1S/C13H14N4O3/c1-15-12-11(14)10(6-7-16-12)20-9-4-2-8(3-5-9)17-13(18)19/h2-7,17H,14H2,1H3,(H,15,16)(H,18,19). The van der Waals surface area contributed by atoms with Crippen molar-refractivity contribution in [2.75, 3.05) is 23.4 Å². The molecule has 2 rings (SSSR count). The van der Waals surface area contributed by atoms with E-state index in [4.69, 9.17) is 15.6 Å². The van der Waals surface area contributed by atoms with Gasteiger partial charge < -0.3 is 20.9 Å². The van der Waals surface area contributed by atoms with E-state index in [1.54, 1.807) is 43.6 Å². The molecular weight excluding hydrogens is 260 g/mol. The van der Waals surface area contributed by atoms with Gasteiger partial charge in [0.05, 0.1) is 0 Å². The molecule has 1 aromatic carbocycles. The van der Waals surface area contributed by atoms with Crippen molar-refractivity contribution in [1.82, 2.24) is 4.98 Å². The Balaban J connectivity index is 2.16. The van der Waals surface area contributed by atoms with E-state index in [0.29, 0.717) is 28.7 Å². The molecule has 0 spiro atoms. The topological polar surface area (TPSA) is 110 Å². The number of carboxylic acid groups (broad SMARTS) is 1. The van der Waals surface area contributed by atoms with E-state index in [0.717, 1.165) is 0 Å². The zero-order valence-electron chi connectivity index (χ0n) is 10.8. The fourth-order valence-electron chi connectivity index (χ4n) is 1.60. The van der Waals surface area contributed by atoms with Crippen molar-refractivity contribution in [2.45, 2.75) is 0 Å². The smallest absolute Gasteiger partial charge is 0.409 e. The fourth-order valence-corrected chi connectivity index (χ4v) is 1.60. The molecule has 20 heavy (non-hydrogen) atoms. The number of pyridine rings is 1. The van der Waals surface area contributed by atoms with E-state index in [-0.39, 0.29) is 0 Å². The SMILES string of the molecule is CNc1nccc(Oc2ccc(NC(=O)O)cc2)c1N. The van der Waals surface area contributed by atoms with Gasteiger partial charge in [-0.05, 0) is 24.3 Å². The normalized spacial score (nSPS) is 9.85. The van der Waals surface area contributed by atoms with E-state index >= 15 is 0 Å².